The minimum atomic E-state index is -1.23. The van der Waals surface area contributed by atoms with Crippen LogP contribution in [0.15, 0.2) is 42.9 Å². The van der Waals surface area contributed by atoms with E-state index in [2.05, 4.69) is 19.9 Å². The maximum Gasteiger partial charge on any atom is 0.417 e. The number of aliphatic hydroxyl groups is 1. The van der Waals surface area contributed by atoms with Crippen LogP contribution in [0.25, 0.3) is 22.3 Å². The van der Waals surface area contributed by atoms with Crippen LogP contribution in [-0.2, 0) is 0 Å². The van der Waals surface area contributed by atoms with Gasteiger partial charge in [0.25, 0.3) is 0 Å². The first kappa shape index (κ1) is 23.8. The van der Waals surface area contributed by atoms with E-state index in [4.69, 9.17) is 9.84 Å². The molecule has 2 N–H and O–H groups in total. The number of hydrogen-bond donors (Lipinski definition) is 2. The molecule has 11 nitrogen and oxygen atoms in total. The molecule has 4 heterocycles. The number of fused-ring (bicyclic) bond motifs is 1. The maximum atomic E-state index is 13.3. The van der Waals surface area contributed by atoms with Crippen LogP contribution >= 0.6 is 0 Å². The lowest BCUT2D eigenvalue weighted by Crippen LogP contribution is -2.22. The third kappa shape index (κ3) is 4.53. The van der Waals surface area contributed by atoms with E-state index in [1.165, 1.54) is 19.5 Å². The summed E-state index contributed by atoms with van der Waals surface area (Å²) in [7, 11) is 3.32. The summed E-state index contributed by atoms with van der Waals surface area (Å²) in [6, 6.07) is 6.62. The summed E-state index contributed by atoms with van der Waals surface area (Å²) < 4.78 is 6.39. The standard InChI is InChI=1S/C24H24N6O5/c1-14-15(20(32)18-13-30(24(33)34)21-16(18)6-4-9-25-21)7-8-19(27-14)17-12-26-23(28-22(17)35-3)29(2)10-5-11-31/h4,6-9,12-13,31H,5,10-11H2,1-3H3,(H,33,34). The van der Waals surface area contributed by atoms with E-state index >= 15 is 0 Å². The van der Waals surface area contributed by atoms with E-state index < -0.39 is 6.09 Å². The molecule has 0 fully saturated rings. The van der Waals surface area contributed by atoms with E-state index in [1.807, 2.05) is 11.9 Å². The monoisotopic (exact) mass is 476 g/mol. The number of carboxylic acid groups (broad SMARTS) is 1. The fourth-order valence-corrected chi connectivity index (χ4v) is 3.76. The molecule has 4 rings (SSSR count). The van der Waals surface area contributed by atoms with Crippen LogP contribution in [0, 0.1) is 6.92 Å². The number of ether oxygens (including phenoxy) is 1. The normalized spacial score (nSPS) is 11.0. The van der Waals surface area contributed by atoms with Crippen LogP contribution in [0.5, 0.6) is 5.88 Å². The van der Waals surface area contributed by atoms with E-state index in [0.29, 0.717) is 52.7 Å². The van der Waals surface area contributed by atoms with Gasteiger partial charge in [0.15, 0.2) is 5.78 Å². The maximum absolute atomic E-state index is 13.3. The zero-order valence-corrected chi connectivity index (χ0v) is 19.5. The van der Waals surface area contributed by atoms with Crippen molar-refractivity contribution in [1.29, 1.82) is 0 Å². The minimum Gasteiger partial charge on any atom is -0.480 e. The fourth-order valence-electron chi connectivity index (χ4n) is 3.76. The van der Waals surface area contributed by atoms with E-state index in [1.54, 1.807) is 37.4 Å². The van der Waals surface area contributed by atoms with Crippen molar-refractivity contribution in [2.24, 2.45) is 0 Å². The topological polar surface area (TPSA) is 144 Å². The number of hydrogen-bond acceptors (Lipinski definition) is 9. The number of aromatic nitrogens is 5. The first-order chi connectivity index (χ1) is 16.8. The molecule has 180 valence electrons. The van der Waals surface area contributed by atoms with Gasteiger partial charge in [0.1, 0.15) is 5.65 Å². The Morgan fingerprint density at radius 1 is 1.14 bits per heavy atom. The molecule has 4 aromatic heterocycles. The van der Waals surface area contributed by atoms with Crippen molar-refractivity contribution in [2.45, 2.75) is 13.3 Å². The quantitative estimate of drug-likeness (QED) is 0.364. The lowest BCUT2D eigenvalue weighted by atomic mass is 10.0. The molecule has 4 aromatic rings. The van der Waals surface area contributed by atoms with Crippen molar-refractivity contribution in [3.63, 3.8) is 0 Å². The third-order valence-electron chi connectivity index (χ3n) is 5.55. The summed E-state index contributed by atoms with van der Waals surface area (Å²) in [6.45, 7) is 2.36. The smallest absolute Gasteiger partial charge is 0.417 e. The van der Waals surface area contributed by atoms with E-state index in [-0.39, 0.29) is 23.6 Å². The molecule has 0 unspecified atom stereocenters. The number of carbonyl (C=O) groups excluding carboxylic acids is 1. The van der Waals surface area contributed by atoms with Gasteiger partial charge in [0.05, 0.1) is 23.9 Å². The van der Waals surface area contributed by atoms with Crippen LogP contribution in [-0.4, -0.2) is 73.9 Å². The number of ketones is 1. The second-order valence-electron chi connectivity index (χ2n) is 7.82. The highest BCUT2D eigenvalue weighted by Crippen LogP contribution is 2.29. The van der Waals surface area contributed by atoms with Crippen molar-refractivity contribution >= 4 is 28.9 Å². The van der Waals surface area contributed by atoms with Crippen LogP contribution in [0.2, 0.25) is 0 Å². The molecule has 0 aliphatic rings. The Labute approximate surface area is 200 Å². The van der Waals surface area contributed by atoms with Gasteiger partial charge in [-0.15, -0.1) is 0 Å². The molecule has 0 amide bonds. The van der Waals surface area contributed by atoms with Crippen molar-refractivity contribution in [3.8, 4) is 17.1 Å². The number of aryl methyl sites for hydroxylation is 1. The largest absolute Gasteiger partial charge is 0.480 e. The van der Waals surface area contributed by atoms with Crippen LogP contribution in [0.1, 0.15) is 28.0 Å². The molecular weight excluding hydrogens is 452 g/mol. The number of methoxy groups -OCH3 is 1. The van der Waals surface area contributed by atoms with Gasteiger partial charge in [-0.25, -0.2) is 19.3 Å². The van der Waals surface area contributed by atoms with Gasteiger partial charge in [0.2, 0.25) is 11.8 Å². The van der Waals surface area contributed by atoms with E-state index in [9.17, 15) is 14.7 Å². The molecule has 0 aliphatic carbocycles. The lowest BCUT2D eigenvalue weighted by molar-refractivity contribution is 0.103. The average Bonchev–Trinajstić information content (AvgIpc) is 3.26. The molecule has 0 aliphatic heterocycles. The Kier molecular flexibility index (Phi) is 6.69. The molecular formula is C24H24N6O5. The van der Waals surface area contributed by atoms with Crippen LogP contribution in [0.3, 0.4) is 0 Å². The predicted molar refractivity (Wildman–Crippen MR) is 128 cm³/mol. The van der Waals surface area contributed by atoms with Gasteiger partial charge in [-0.3, -0.25) is 9.78 Å². The first-order valence-corrected chi connectivity index (χ1v) is 10.8. The molecule has 0 atom stereocenters. The van der Waals surface area contributed by atoms with Crippen molar-refractivity contribution in [1.82, 2.24) is 24.5 Å². The van der Waals surface area contributed by atoms with Gasteiger partial charge in [-0.1, -0.05) is 0 Å². The molecule has 0 saturated carbocycles. The molecule has 0 bridgehead atoms. The van der Waals surface area contributed by atoms with Crippen LogP contribution in [0.4, 0.5) is 10.7 Å². The number of anilines is 1. The summed E-state index contributed by atoms with van der Waals surface area (Å²) in [4.78, 5) is 44.3. The highest BCUT2D eigenvalue weighted by molar-refractivity contribution is 6.17. The number of carbonyl (C=O) groups is 2. The van der Waals surface area contributed by atoms with Gasteiger partial charge in [0, 0.05) is 55.4 Å². The Hall–Kier alpha value is -4.38. The summed E-state index contributed by atoms with van der Waals surface area (Å²) in [5, 5.41) is 19.0. The summed E-state index contributed by atoms with van der Waals surface area (Å²) in [5.41, 5.74) is 2.29. The summed E-state index contributed by atoms with van der Waals surface area (Å²) in [6.07, 6.45) is 3.71. The number of rotatable bonds is 8. The SMILES string of the molecule is COc1nc(N(C)CCCO)ncc1-c1ccc(C(=O)c2cn(C(=O)O)c3ncccc23)c(C)n1. The Balaban J connectivity index is 1.69. The molecule has 11 heteroatoms. The van der Waals surface area contributed by atoms with Crippen LogP contribution < -0.4 is 9.64 Å². The van der Waals surface area contributed by atoms with Crippen molar-refractivity contribution in [3.05, 3.63) is 59.7 Å². The van der Waals surface area contributed by atoms with Gasteiger partial charge in [-0.2, -0.15) is 4.98 Å². The lowest BCUT2D eigenvalue weighted by Gasteiger charge is -2.18. The highest BCUT2D eigenvalue weighted by atomic mass is 16.5. The molecule has 35 heavy (non-hydrogen) atoms. The average molecular weight is 476 g/mol. The molecule has 0 radical (unpaired) electrons. The highest BCUT2D eigenvalue weighted by Gasteiger charge is 2.22. The Morgan fingerprint density at radius 2 is 1.94 bits per heavy atom. The minimum absolute atomic E-state index is 0.0706. The predicted octanol–water partition coefficient (Wildman–Crippen LogP) is 2.78. The zero-order valence-electron chi connectivity index (χ0n) is 19.5. The molecule has 0 aromatic carbocycles. The van der Waals surface area contributed by atoms with Gasteiger partial charge >= 0.3 is 6.09 Å². The van der Waals surface area contributed by atoms with Crippen molar-refractivity contribution < 1.29 is 24.5 Å². The van der Waals surface area contributed by atoms with Gasteiger partial charge in [-0.05, 0) is 37.6 Å². The third-order valence-corrected chi connectivity index (χ3v) is 5.55. The second-order valence-corrected chi connectivity index (χ2v) is 7.82. The summed E-state index contributed by atoms with van der Waals surface area (Å²) in [5.74, 6) is 0.419. The fraction of sp³-hybridized carbons (Fsp3) is 0.250. The number of nitrogens with zero attached hydrogens (tertiary/aromatic N) is 6. The number of aliphatic hydroxyl groups excluding tert-OH is 1. The Morgan fingerprint density at radius 3 is 2.63 bits per heavy atom. The van der Waals surface area contributed by atoms with Crippen molar-refractivity contribution in [2.75, 3.05) is 32.2 Å². The zero-order chi connectivity index (χ0) is 25.1. The van der Waals surface area contributed by atoms with Gasteiger partial charge < -0.3 is 19.8 Å². The summed E-state index contributed by atoms with van der Waals surface area (Å²) >= 11 is 0. The van der Waals surface area contributed by atoms with E-state index in [0.717, 1.165) is 4.57 Å². The second kappa shape index (κ2) is 9.85. The first-order valence-electron chi connectivity index (χ1n) is 10.8. The number of pyridine rings is 2. The molecule has 0 spiro atoms. The Bertz CT molecular complexity index is 1420. The molecule has 0 saturated heterocycles.